The van der Waals surface area contributed by atoms with Gasteiger partial charge in [-0.3, -0.25) is 9.59 Å². The molecule has 0 radical (unpaired) electrons. The molecule has 0 aromatic carbocycles. The van der Waals surface area contributed by atoms with E-state index in [9.17, 15) is 19.5 Å². The number of esters is 2. The molecule has 0 spiro atoms. The summed E-state index contributed by atoms with van der Waals surface area (Å²) in [6.07, 6.45) is 63.9. The van der Waals surface area contributed by atoms with E-state index >= 15 is 0 Å². The molecule has 0 aliphatic heterocycles. The van der Waals surface area contributed by atoms with Crippen molar-refractivity contribution in [1.82, 2.24) is 0 Å². The first kappa shape index (κ1) is 59.7. The Kier molecular flexibility index (Phi) is 42.3. The number of carboxylic acid groups (broad SMARTS) is 1. The van der Waals surface area contributed by atoms with E-state index in [0.29, 0.717) is 19.3 Å². The Bertz CT molecular complexity index is 1450. The maximum atomic E-state index is 12.8. The number of carboxylic acids is 1. The standard InChI is InChI=1S/C56H89NO7/c1-6-8-10-12-14-16-18-20-22-24-26-27-29-31-33-35-37-39-41-43-45-47-55(59)64-52(50-62-49-48-53(56(60)61)57(3,4)5)51-63-54(58)46-44-42-40-38-36-34-32-30-28-25-23-21-19-17-15-13-11-9-7-2/h9,11,14-17,20-23,26-28,30-31,33-34,36-37,39,52-53H,6-8,10,12-13,18-19,24-25,29,32,35,38,40-51H2,1-5H3/p+1/b11-9+,16-14+,17-15+,22-20+,23-21+,27-26+,30-28+,33-31+,36-34+,39-37+. The zero-order chi connectivity index (χ0) is 47.0. The second-order valence-corrected chi connectivity index (χ2v) is 17.0. The van der Waals surface area contributed by atoms with Crippen LogP contribution in [0.5, 0.6) is 0 Å². The highest BCUT2D eigenvalue weighted by molar-refractivity contribution is 5.72. The molecule has 0 saturated heterocycles. The van der Waals surface area contributed by atoms with Gasteiger partial charge >= 0.3 is 17.9 Å². The number of allylic oxidation sites excluding steroid dienone is 20. The molecule has 0 aromatic heterocycles. The van der Waals surface area contributed by atoms with Gasteiger partial charge in [0.15, 0.2) is 12.1 Å². The minimum atomic E-state index is -0.892. The third-order valence-electron chi connectivity index (χ3n) is 10.1. The highest BCUT2D eigenvalue weighted by Crippen LogP contribution is 2.11. The van der Waals surface area contributed by atoms with Crippen LogP contribution in [-0.4, -0.2) is 80.6 Å². The average Bonchev–Trinajstić information content (AvgIpc) is 3.26. The number of quaternary nitrogens is 1. The lowest BCUT2D eigenvalue weighted by atomic mass is 10.1. The number of carbonyl (C=O) groups excluding carboxylic acids is 2. The number of ether oxygens (including phenoxy) is 3. The molecular formula is C56H90NO7+. The Morgan fingerprint density at radius 2 is 0.875 bits per heavy atom. The topological polar surface area (TPSA) is 99.1 Å². The van der Waals surface area contributed by atoms with Crippen molar-refractivity contribution < 1.29 is 38.2 Å². The van der Waals surface area contributed by atoms with Crippen molar-refractivity contribution in [2.24, 2.45) is 0 Å². The maximum Gasteiger partial charge on any atom is 0.362 e. The van der Waals surface area contributed by atoms with Crippen molar-refractivity contribution in [2.45, 2.75) is 174 Å². The molecule has 0 fully saturated rings. The summed E-state index contributed by atoms with van der Waals surface area (Å²) in [5.41, 5.74) is 0. The zero-order valence-corrected chi connectivity index (χ0v) is 40.9. The van der Waals surface area contributed by atoms with Gasteiger partial charge in [0.05, 0.1) is 34.4 Å². The predicted molar refractivity (Wildman–Crippen MR) is 270 cm³/mol. The van der Waals surface area contributed by atoms with Gasteiger partial charge in [-0.1, -0.05) is 155 Å². The third kappa shape index (κ3) is 43.0. The van der Waals surface area contributed by atoms with Crippen LogP contribution in [0.15, 0.2) is 122 Å². The molecule has 0 aliphatic carbocycles. The first-order chi connectivity index (χ1) is 31.1. The summed E-state index contributed by atoms with van der Waals surface area (Å²) < 4.78 is 17.2. The van der Waals surface area contributed by atoms with Crippen molar-refractivity contribution in [3.8, 4) is 0 Å². The largest absolute Gasteiger partial charge is 0.477 e. The van der Waals surface area contributed by atoms with E-state index in [1.807, 2.05) is 21.1 Å². The fraction of sp³-hybridized carbons (Fsp3) is 0.589. The molecule has 0 bridgehead atoms. The number of likely N-dealkylation sites (N-methyl/N-ethyl adjacent to an activating group) is 1. The highest BCUT2D eigenvalue weighted by Gasteiger charge is 2.31. The summed E-state index contributed by atoms with van der Waals surface area (Å²) in [5, 5.41) is 9.65. The molecule has 2 atom stereocenters. The van der Waals surface area contributed by atoms with Crippen LogP contribution >= 0.6 is 0 Å². The number of hydrogen-bond acceptors (Lipinski definition) is 6. The molecule has 360 valence electrons. The van der Waals surface area contributed by atoms with Gasteiger partial charge in [0.2, 0.25) is 0 Å². The Labute approximate surface area is 391 Å². The van der Waals surface area contributed by atoms with Crippen LogP contribution in [0.2, 0.25) is 0 Å². The Balaban J connectivity index is 4.47. The summed E-state index contributed by atoms with van der Waals surface area (Å²) in [5.74, 6) is -1.58. The summed E-state index contributed by atoms with van der Waals surface area (Å²) in [7, 11) is 5.49. The molecule has 8 nitrogen and oxygen atoms in total. The van der Waals surface area contributed by atoms with E-state index in [4.69, 9.17) is 14.2 Å². The van der Waals surface area contributed by atoms with Gasteiger partial charge in [-0.05, 0) is 109 Å². The van der Waals surface area contributed by atoms with Crippen LogP contribution in [0, 0.1) is 0 Å². The fourth-order valence-corrected chi connectivity index (χ4v) is 6.31. The Hall–Kier alpha value is -4.27. The van der Waals surface area contributed by atoms with Crippen LogP contribution in [0.25, 0.3) is 0 Å². The van der Waals surface area contributed by atoms with Gasteiger partial charge in [0.1, 0.15) is 6.61 Å². The van der Waals surface area contributed by atoms with E-state index in [1.165, 1.54) is 25.7 Å². The maximum absolute atomic E-state index is 12.8. The molecule has 0 rings (SSSR count). The number of aliphatic carboxylic acids is 1. The quantitative estimate of drug-likeness (QED) is 0.0282. The molecule has 2 unspecified atom stereocenters. The summed E-state index contributed by atoms with van der Waals surface area (Å²) in [4.78, 5) is 37.1. The highest BCUT2D eigenvalue weighted by atomic mass is 16.6. The normalized spacial score (nSPS) is 14.0. The SMILES string of the molecule is CC/C=C/C/C=C/C/C=C/C/C=C/C/C=C/CCCCCC(=O)OCC(COCCC(C(=O)O)[N+](C)(C)C)OC(=O)CCCC/C=C/C/C=C/C/C=C/C/C=C/C/C=C/CCCCC. The number of rotatable bonds is 42. The van der Waals surface area contributed by atoms with Crippen molar-refractivity contribution in [3.63, 3.8) is 0 Å². The first-order valence-corrected chi connectivity index (χ1v) is 24.6. The molecule has 0 aromatic rings. The van der Waals surface area contributed by atoms with Crippen molar-refractivity contribution in [3.05, 3.63) is 122 Å². The second-order valence-electron chi connectivity index (χ2n) is 17.0. The van der Waals surface area contributed by atoms with Crippen molar-refractivity contribution >= 4 is 17.9 Å². The molecule has 8 heteroatoms. The summed E-state index contributed by atoms with van der Waals surface area (Å²) >= 11 is 0. The molecule has 1 N–H and O–H groups in total. The average molecular weight is 889 g/mol. The minimum Gasteiger partial charge on any atom is -0.477 e. The van der Waals surface area contributed by atoms with E-state index in [2.05, 4.69) is 135 Å². The molecular weight excluding hydrogens is 799 g/mol. The number of carbonyl (C=O) groups is 3. The molecule has 0 saturated carbocycles. The van der Waals surface area contributed by atoms with Crippen LogP contribution in [0.4, 0.5) is 0 Å². The van der Waals surface area contributed by atoms with Crippen molar-refractivity contribution in [2.75, 3.05) is 41.0 Å². The lowest BCUT2D eigenvalue weighted by molar-refractivity contribution is -0.887. The lowest BCUT2D eigenvalue weighted by Gasteiger charge is -2.31. The number of unbranched alkanes of at least 4 members (excludes halogenated alkanes) is 8. The molecule has 0 heterocycles. The molecule has 0 aliphatic rings. The van der Waals surface area contributed by atoms with Crippen LogP contribution < -0.4 is 0 Å². The number of nitrogens with zero attached hydrogens (tertiary/aromatic N) is 1. The van der Waals surface area contributed by atoms with E-state index in [0.717, 1.165) is 96.3 Å². The smallest absolute Gasteiger partial charge is 0.362 e. The van der Waals surface area contributed by atoms with Gasteiger partial charge in [-0.2, -0.15) is 0 Å². The first-order valence-electron chi connectivity index (χ1n) is 24.6. The number of hydrogen-bond donors (Lipinski definition) is 1. The van der Waals surface area contributed by atoms with E-state index in [-0.39, 0.29) is 42.7 Å². The van der Waals surface area contributed by atoms with Gasteiger partial charge in [-0.25, -0.2) is 4.79 Å². The Morgan fingerprint density at radius 1 is 0.484 bits per heavy atom. The lowest BCUT2D eigenvalue weighted by Crippen LogP contribution is -2.50. The monoisotopic (exact) mass is 889 g/mol. The van der Waals surface area contributed by atoms with Crippen molar-refractivity contribution in [1.29, 1.82) is 0 Å². The van der Waals surface area contributed by atoms with Gasteiger partial charge in [-0.15, -0.1) is 0 Å². The fourth-order valence-electron chi connectivity index (χ4n) is 6.31. The summed E-state index contributed by atoms with van der Waals surface area (Å²) in [6.45, 7) is 4.49. The summed E-state index contributed by atoms with van der Waals surface area (Å²) in [6, 6.07) is -0.637. The van der Waals surface area contributed by atoms with E-state index < -0.39 is 18.1 Å². The van der Waals surface area contributed by atoms with Gasteiger partial charge < -0.3 is 23.8 Å². The van der Waals surface area contributed by atoms with Crippen LogP contribution in [0.1, 0.15) is 162 Å². The predicted octanol–water partition coefficient (Wildman–Crippen LogP) is 14.2. The zero-order valence-electron chi connectivity index (χ0n) is 40.9. The van der Waals surface area contributed by atoms with Crippen LogP contribution in [0.3, 0.4) is 0 Å². The Morgan fingerprint density at radius 3 is 1.30 bits per heavy atom. The molecule has 64 heavy (non-hydrogen) atoms. The third-order valence-corrected chi connectivity index (χ3v) is 10.1. The second kappa shape index (κ2) is 45.3. The van der Waals surface area contributed by atoms with Gasteiger partial charge in [0.25, 0.3) is 0 Å². The van der Waals surface area contributed by atoms with Crippen LogP contribution in [-0.2, 0) is 28.6 Å². The van der Waals surface area contributed by atoms with Gasteiger partial charge in [0, 0.05) is 19.3 Å². The minimum absolute atomic E-state index is 0.0238. The molecule has 0 amide bonds. The van der Waals surface area contributed by atoms with E-state index in [1.54, 1.807) is 0 Å².